The van der Waals surface area contributed by atoms with E-state index in [9.17, 15) is 4.79 Å². The number of rotatable bonds is 3. The number of amides is 1. The molecule has 1 amide bonds. The second-order valence-corrected chi connectivity index (χ2v) is 6.92. The van der Waals surface area contributed by atoms with Crippen molar-refractivity contribution in [1.29, 1.82) is 0 Å². The van der Waals surface area contributed by atoms with Crippen molar-refractivity contribution in [2.24, 2.45) is 0 Å². The maximum atomic E-state index is 11.9. The van der Waals surface area contributed by atoms with Gasteiger partial charge in [-0.25, -0.2) is 4.98 Å². The number of nitrogens with zero attached hydrogens (tertiary/aromatic N) is 1. The Morgan fingerprint density at radius 3 is 2.61 bits per heavy atom. The topological polar surface area (TPSA) is 57.8 Å². The number of aromatic amines is 1. The van der Waals surface area contributed by atoms with Crippen LogP contribution >= 0.6 is 34.9 Å². The SMILES string of the molecule is Cc1nc(NC(=O)Cc2sc(=S)[nH]c2C)sc1C. The number of aromatic nitrogens is 2. The first-order valence-electron chi connectivity index (χ1n) is 5.38. The molecule has 0 aliphatic carbocycles. The second-order valence-electron chi connectivity index (χ2n) is 3.95. The van der Waals surface area contributed by atoms with E-state index >= 15 is 0 Å². The summed E-state index contributed by atoms with van der Waals surface area (Å²) < 4.78 is 0.705. The maximum Gasteiger partial charge on any atom is 0.231 e. The molecule has 96 valence electrons. The number of carbonyl (C=O) groups is 1. The molecule has 2 heterocycles. The molecule has 2 N–H and O–H groups in total. The van der Waals surface area contributed by atoms with E-state index in [2.05, 4.69) is 15.3 Å². The van der Waals surface area contributed by atoms with Gasteiger partial charge in [0.25, 0.3) is 0 Å². The predicted octanol–water partition coefficient (Wildman–Crippen LogP) is 3.37. The van der Waals surface area contributed by atoms with Crippen LogP contribution in [0.2, 0.25) is 0 Å². The van der Waals surface area contributed by atoms with Gasteiger partial charge in [0, 0.05) is 15.4 Å². The monoisotopic (exact) mass is 299 g/mol. The molecule has 2 aromatic heterocycles. The lowest BCUT2D eigenvalue weighted by Crippen LogP contribution is -2.14. The van der Waals surface area contributed by atoms with Crippen LogP contribution in [0.1, 0.15) is 21.1 Å². The quantitative estimate of drug-likeness (QED) is 0.854. The van der Waals surface area contributed by atoms with Crippen LogP contribution in [0.4, 0.5) is 5.13 Å². The number of nitrogens with one attached hydrogen (secondary N) is 2. The molecule has 0 radical (unpaired) electrons. The zero-order valence-electron chi connectivity index (χ0n) is 10.3. The fraction of sp³-hybridized carbons (Fsp3) is 0.364. The third-order valence-corrected chi connectivity index (χ3v) is 4.84. The number of H-pyrrole nitrogens is 1. The molecule has 0 bridgehead atoms. The van der Waals surface area contributed by atoms with Gasteiger partial charge >= 0.3 is 0 Å². The Hall–Kier alpha value is -1.05. The number of anilines is 1. The first-order valence-corrected chi connectivity index (χ1v) is 7.42. The van der Waals surface area contributed by atoms with E-state index in [0.717, 1.165) is 21.1 Å². The summed E-state index contributed by atoms with van der Waals surface area (Å²) >= 11 is 7.98. The number of hydrogen-bond donors (Lipinski definition) is 2. The second kappa shape index (κ2) is 5.29. The van der Waals surface area contributed by atoms with Gasteiger partial charge in [0.1, 0.15) is 0 Å². The van der Waals surface area contributed by atoms with Gasteiger partial charge in [-0.2, -0.15) is 0 Å². The minimum absolute atomic E-state index is 0.0582. The fourth-order valence-corrected chi connectivity index (χ4v) is 3.56. The van der Waals surface area contributed by atoms with E-state index in [1.165, 1.54) is 22.7 Å². The molecule has 0 spiro atoms. The molecular formula is C11H13N3OS3. The summed E-state index contributed by atoms with van der Waals surface area (Å²) in [4.78, 5) is 21.3. The first kappa shape index (κ1) is 13.4. The summed E-state index contributed by atoms with van der Waals surface area (Å²) in [6.45, 7) is 5.85. The molecule has 0 aliphatic heterocycles. The molecule has 7 heteroatoms. The highest BCUT2D eigenvalue weighted by Gasteiger charge is 2.11. The van der Waals surface area contributed by atoms with Gasteiger partial charge in [-0.05, 0) is 33.0 Å². The van der Waals surface area contributed by atoms with Gasteiger partial charge < -0.3 is 10.3 Å². The molecule has 0 aromatic carbocycles. The lowest BCUT2D eigenvalue weighted by Gasteiger charge is -2.00. The molecule has 0 saturated carbocycles. The van der Waals surface area contributed by atoms with Crippen LogP contribution < -0.4 is 5.32 Å². The molecule has 0 fully saturated rings. The Balaban J connectivity index is 2.05. The highest BCUT2D eigenvalue weighted by Crippen LogP contribution is 2.22. The normalized spacial score (nSPS) is 10.6. The van der Waals surface area contributed by atoms with Gasteiger partial charge in [-0.1, -0.05) is 0 Å². The summed E-state index contributed by atoms with van der Waals surface area (Å²) in [5.74, 6) is -0.0582. The van der Waals surface area contributed by atoms with Crippen molar-refractivity contribution < 1.29 is 4.79 Å². The van der Waals surface area contributed by atoms with Crippen LogP contribution in [0, 0.1) is 24.7 Å². The molecule has 2 rings (SSSR count). The van der Waals surface area contributed by atoms with Crippen molar-refractivity contribution in [3.05, 3.63) is 25.1 Å². The lowest BCUT2D eigenvalue weighted by molar-refractivity contribution is -0.115. The number of hydrogen-bond acceptors (Lipinski definition) is 5. The molecule has 18 heavy (non-hydrogen) atoms. The summed E-state index contributed by atoms with van der Waals surface area (Å²) in [6, 6.07) is 0. The average Bonchev–Trinajstić information content (AvgIpc) is 2.71. The van der Waals surface area contributed by atoms with Gasteiger partial charge in [0.15, 0.2) is 9.09 Å². The maximum absolute atomic E-state index is 11.9. The van der Waals surface area contributed by atoms with E-state index in [0.29, 0.717) is 15.5 Å². The highest BCUT2D eigenvalue weighted by atomic mass is 32.1. The van der Waals surface area contributed by atoms with Gasteiger partial charge in [-0.15, -0.1) is 22.7 Å². The van der Waals surface area contributed by atoms with Crippen molar-refractivity contribution in [1.82, 2.24) is 9.97 Å². The van der Waals surface area contributed by atoms with E-state index in [1.54, 1.807) is 0 Å². The van der Waals surface area contributed by atoms with Crippen LogP contribution in [0.15, 0.2) is 0 Å². The molecule has 4 nitrogen and oxygen atoms in total. The minimum atomic E-state index is -0.0582. The van der Waals surface area contributed by atoms with E-state index in [-0.39, 0.29) is 5.91 Å². The van der Waals surface area contributed by atoms with E-state index in [1.807, 2.05) is 20.8 Å². The zero-order chi connectivity index (χ0) is 13.3. The first-order chi connectivity index (χ1) is 8.45. The van der Waals surface area contributed by atoms with Crippen molar-refractivity contribution in [3.63, 3.8) is 0 Å². The summed E-state index contributed by atoms with van der Waals surface area (Å²) in [7, 11) is 0. The molecule has 0 aliphatic rings. The van der Waals surface area contributed by atoms with Gasteiger partial charge in [0.05, 0.1) is 12.1 Å². The average molecular weight is 299 g/mol. The van der Waals surface area contributed by atoms with Crippen LogP contribution in [-0.2, 0) is 11.2 Å². The smallest absolute Gasteiger partial charge is 0.231 e. The van der Waals surface area contributed by atoms with Crippen molar-refractivity contribution in [2.75, 3.05) is 5.32 Å². The Bertz CT molecular complexity index is 619. The Morgan fingerprint density at radius 1 is 1.39 bits per heavy atom. The summed E-state index contributed by atoms with van der Waals surface area (Å²) in [6.07, 6.45) is 0.335. The summed E-state index contributed by atoms with van der Waals surface area (Å²) in [5.41, 5.74) is 1.93. The Kier molecular flexibility index (Phi) is 3.94. The van der Waals surface area contributed by atoms with Crippen LogP contribution in [-0.4, -0.2) is 15.9 Å². The number of carbonyl (C=O) groups excluding carboxylic acids is 1. The molecule has 0 unspecified atom stereocenters. The van der Waals surface area contributed by atoms with Crippen LogP contribution in [0.5, 0.6) is 0 Å². The lowest BCUT2D eigenvalue weighted by atomic mass is 10.3. The fourth-order valence-electron chi connectivity index (χ4n) is 1.44. The highest BCUT2D eigenvalue weighted by molar-refractivity contribution is 7.73. The zero-order valence-corrected chi connectivity index (χ0v) is 12.7. The number of thiazole rings is 2. The van der Waals surface area contributed by atoms with E-state index < -0.39 is 0 Å². The molecule has 0 saturated heterocycles. The van der Waals surface area contributed by atoms with Gasteiger partial charge in [-0.3, -0.25) is 4.79 Å². The van der Waals surface area contributed by atoms with Crippen LogP contribution in [0.25, 0.3) is 0 Å². The number of aryl methyl sites for hydroxylation is 3. The van der Waals surface area contributed by atoms with Crippen molar-refractivity contribution in [3.8, 4) is 0 Å². The molecule has 2 aromatic rings. The summed E-state index contributed by atoms with van der Waals surface area (Å²) in [5, 5.41) is 3.47. The molecule has 0 atom stereocenters. The van der Waals surface area contributed by atoms with E-state index in [4.69, 9.17) is 12.2 Å². The van der Waals surface area contributed by atoms with Crippen molar-refractivity contribution in [2.45, 2.75) is 27.2 Å². The largest absolute Gasteiger partial charge is 0.341 e. The predicted molar refractivity (Wildman–Crippen MR) is 78.2 cm³/mol. The van der Waals surface area contributed by atoms with Crippen LogP contribution in [0.3, 0.4) is 0 Å². The third kappa shape index (κ3) is 3.04. The molecular weight excluding hydrogens is 286 g/mol. The Morgan fingerprint density at radius 2 is 2.11 bits per heavy atom. The standard InChI is InChI=1S/C11H13N3OS3/c1-5-7(3)17-10(12-5)14-9(15)4-8-6(2)13-11(16)18-8/h4H2,1-3H3,(H,13,16)(H,12,14,15). The third-order valence-electron chi connectivity index (χ3n) is 2.52. The Labute approximate surface area is 118 Å². The van der Waals surface area contributed by atoms with Crippen molar-refractivity contribution >= 4 is 45.9 Å². The minimum Gasteiger partial charge on any atom is -0.341 e. The van der Waals surface area contributed by atoms with Gasteiger partial charge in [0.2, 0.25) is 5.91 Å².